The van der Waals surface area contributed by atoms with Gasteiger partial charge in [-0.25, -0.2) is 0 Å². The Labute approximate surface area is 77.0 Å². The second-order valence-electron chi connectivity index (χ2n) is 2.50. The predicted molar refractivity (Wildman–Crippen MR) is 48.4 cm³/mol. The molecule has 60 valence electrons. The molecule has 0 N–H and O–H groups in total. The van der Waals surface area contributed by atoms with Crippen molar-refractivity contribution in [2.45, 2.75) is 6.92 Å². The van der Waals surface area contributed by atoms with Gasteiger partial charge in [-0.1, -0.05) is 5.92 Å². The summed E-state index contributed by atoms with van der Waals surface area (Å²) >= 11 is 0. The molecule has 0 bridgehead atoms. The molecule has 0 heterocycles. The summed E-state index contributed by atoms with van der Waals surface area (Å²) < 4.78 is 0. The summed E-state index contributed by atoms with van der Waals surface area (Å²) in [5.41, 5.74) is 2.32. The average Bonchev–Trinajstić information content (AvgIpc) is 2.16. The minimum Gasteiger partial charge on any atom is -0.192 e. The van der Waals surface area contributed by atoms with E-state index in [2.05, 4.69) is 11.8 Å². The molecule has 13 heavy (non-hydrogen) atoms. The van der Waals surface area contributed by atoms with Crippen LogP contribution < -0.4 is 0 Å². The Kier molecular flexibility index (Phi) is 2.69. The Hall–Kier alpha value is -2.24. The maximum absolute atomic E-state index is 8.59. The summed E-state index contributed by atoms with van der Waals surface area (Å²) in [5.74, 6) is 5.01. The largest absolute Gasteiger partial charge is 0.192 e. The number of rotatable bonds is 0. The van der Waals surface area contributed by atoms with Crippen molar-refractivity contribution in [3.63, 3.8) is 0 Å². The van der Waals surface area contributed by atoms with Gasteiger partial charge in [0.25, 0.3) is 0 Å². The zero-order valence-electron chi connectivity index (χ0n) is 7.13. The van der Waals surface area contributed by atoms with Crippen LogP contribution in [-0.4, -0.2) is 0 Å². The van der Waals surface area contributed by atoms with Gasteiger partial charge in [-0.15, -0.1) is 0 Å². The van der Waals surface area contributed by atoms with Gasteiger partial charge in [-0.2, -0.15) is 10.5 Å². The van der Waals surface area contributed by atoms with Gasteiger partial charge >= 0.3 is 0 Å². The van der Waals surface area contributed by atoms with Gasteiger partial charge in [0.15, 0.2) is 6.07 Å². The van der Waals surface area contributed by atoms with Crippen LogP contribution in [0.4, 0.5) is 0 Å². The number of nitriles is 2. The summed E-state index contributed by atoms with van der Waals surface area (Å²) in [7, 11) is 0. The van der Waals surface area contributed by atoms with Crippen LogP contribution in [0.15, 0.2) is 18.2 Å². The smallest absolute Gasteiger partial charge is 0.152 e. The predicted octanol–water partition coefficient (Wildman–Crippen LogP) is 1.74. The summed E-state index contributed by atoms with van der Waals surface area (Å²) in [6, 6.07) is 8.97. The van der Waals surface area contributed by atoms with E-state index in [9.17, 15) is 0 Å². The highest BCUT2D eigenvalue weighted by molar-refractivity contribution is 5.47. The third kappa shape index (κ3) is 2.09. The van der Waals surface area contributed by atoms with Gasteiger partial charge in [-0.05, 0) is 30.7 Å². The van der Waals surface area contributed by atoms with Crippen LogP contribution in [0.5, 0.6) is 0 Å². The topological polar surface area (TPSA) is 47.6 Å². The Morgan fingerprint density at radius 3 is 2.54 bits per heavy atom. The SMILES string of the molecule is Cc1cc(C#N)ccc1C#CC#N. The van der Waals surface area contributed by atoms with Gasteiger partial charge < -0.3 is 0 Å². The van der Waals surface area contributed by atoms with Gasteiger partial charge in [0, 0.05) is 11.5 Å². The average molecular weight is 166 g/mol. The minimum absolute atomic E-state index is 0.611. The second-order valence-corrected chi connectivity index (χ2v) is 2.50. The molecule has 0 fully saturated rings. The van der Waals surface area contributed by atoms with Crippen molar-refractivity contribution >= 4 is 0 Å². The lowest BCUT2D eigenvalue weighted by molar-refractivity contribution is 1.40. The first-order valence-electron chi connectivity index (χ1n) is 3.69. The molecular formula is C11H6N2. The first kappa shape index (κ1) is 8.85. The minimum atomic E-state index is 0.611. The third-order valence-electron chi connectivity index (χ3n) is 1.61. The highest BCUT2D eigenvalue weighted by Crippen LogP contribution is 2.08. The van der Waals surface area contributed by atoms with Crippen LogP contribution in [0.1, 0.15) is 16.7 Å². The van der Waals surface area contributed by atoms with E-state index in [0.717, 1.165) is 11.1 Å². The van der Waals surface area contributed by atoms with Gasteiger partial charge in [0.1, 0.15) is 0 Å². The van der Waals surface area contributed by atoms with Crippen LogP contribution in [0.25, 0.3) is 0 Å². The first-order valence-corrected chi connectivity index (χ1v) is 3.69. The van der Waals surface area contributed by atoms with Crippen LogP contribution in [0, 0.1) is 41.4 Å². The maximum Gasteiger partial charge on any atom is 0.152 e. The molecule has 2 heteroatoms. The van der Waals surface area contributed by atoms with E-state index in [4.69, 9.17) is 10.5 Å². The fourth-order valence-corrected chi connectivity index (χ4v) is 0.969. The zero-order chi connectivity index (χ0) is 9.68. The molecular weight excluding hydrogens is 160 g/mol. The molecule has 2 nitrogen and oxygen atoms in total. The monoisotopic (exact) mass is 166 g/mol. The van der Waals surface area contributed by atoms with Crippen molar-refractivity contribution in [2.75, 3.05) is 0 Å². The van der Waals surface area contributed by atoms with E-state index in [1.165, 1.54) is 0 Å². The van der Waals surface area contributed by atoms with Crippen LogP contribution >= 0.6 is 0 Å². The van der Waals surface area contributed by atoms with Crippen LogP contribution in [-0.2, 0) is 0 Å². The lowest BCUT2D eigenvalue weighted by Gasteiger charge is -1.96. The Bertz CT molecular complexity index is 462. The summed E-state index contributed by atoms with van der Waals surface area (Å²) in [5, 5.41) is 16.8. The number of nitrogens with zero attached hydrogens (tertiary/aromatic N) is 2. The van der Waals surface area contributed by atoms with Gasteiger partial charge in [0.2, 0.25) is 0 Å². The highest BCUT2D eigenvalue weighted by atomic mass is 14.2. The lowest BCUT2D eigenvalue weighted by atomic mass is 10.1. The molecule has 1 aromatic rings. The fraction of sp³-hybridized carbons (Fsp3) is 0.0909. The quantitative estimate of drug-likeness (QED) is 0.551. The molecule has 0 atom stereocenters. The first-order chi connectivity index (χ1) is 6.27. The van der Waals surface area contributed by atoms with Crippen LogP contribution in [0.3, 0.4) is 0 Å². The molecule has 0 saturated carbocycles. The maximum atomic E-state index is 8.59. The van der Waals surface area contributed by atoms with Crippen molar-refractivity contribution in [3.8, 4) is 24.0 Å². The highest BCUT2D eigenvalue weighted by Gasteiger charge is 1.95. The van der Waals surface area contributed by atoms with Crippen molar-refractivity contribution in [2.24, 2.45) is 0 Å². The van der Waals surface area contributed by atoms with Gasteiger partial charge in [0.05, 0.1) is 11.6 Å². The molecule has 0 aliphatic carbocycles. The third-order valence-corrected chi connectivity index (χ3v) is 1.61. The fourth-order valence-electron chi connectivity index (χ4n) is 0.969. The molecule has 0 unspecified atom stereocenters. The molecule has 0 radical (unpaired) electrons. The molecule has 1 rings (SSSR count). The molecule has 0 aromatic heterocycles. The Morgan fingerprint density at radius 1 is 1.23 bits per heavy atom. The Morgan fingerprint density at radius 2 is 2.00 bits per heavy atom. The van der Waals surface area contributed by atoms with Crippen molar-refractivity contribution in [1.29, 1.82) is 10.5 Å². The van der Waals surface area contributed by atoms with Crippen molar-refractivity contribution in [1.82, 2.24) is 0 Å². The lowest BCUT2D eigenvalue weighted by Crippen LogP contribution is -1.83. The number of aryl methyl sites for hydroxylation is 1. The normalized spacial score (nSPS) is 7.62. The van der Waals surface area contributed by atoms with Gasteiger partial charge in [-0.3, -0.25) is 0 Å². The van der Waals surface area contributed by atoms with E-state index < -0.39 is 0 Å². The Balaban J connectivity index is 3.16. The summed E-state index contributed by atoms with van der Waals surface area (Å²) in [4.78, 5) is 0. The molecule has 0 aliphatic rings. The van der Waals surface area contributed by atoms with Crippen molar-refractivity contribution in [3.05, 3.63) is 34.9 Å². The van der Waals surface area contributed by atoms with E-state index in [1.807, 2.05) is 13.0 Å². The molecule has 0 amide bonds. The molecule has 0 saturated heterocycles. The number of benzene rings is 1. The number of hydrogen-bond acceptors (Lipinski definition) is 2. The van der Waals surface area contributed by atoms with E-state index in [1.54, 1.807) is 24.3 Å². The molecule has 0 aliphatic heterocycles. The van der Waals surface area contributed by atoms with E-state index in [-0.39, 0.29) is 0 Å². The zero-order valence-corrected chi connectivity index (χ0v) is 7.13. The van der Waals surface area contributed by atoms with Crippen molar-refractivity contribution < 1.29 is 0 Å². The van der Waals surface area contributed by atoms with Crippen LogP contribution in [0.2, 0.25) is 0 Å². The van der Waals surface area contributed by atoms with E-state index >= 15 is 0 Å². The summed E-state index contributed by atoms with van der Waals surface area (Å²) in [6.45, 7) is 1.86. The number of hydrogen-bond donors (Lipinski definition) is 0. The molecule has 0 spiro atoms. The second kappa shape index (κ2) is 3.96. The van der Waals surface area contributed by atoms with E-state index in [0.29, 0.717) is 5.56 Å². The molecule has 1 aromatic carbocycles. The standard InChI is InChI=1S/C11H6N2/c1-9-7-10(8-13)4-5-11(9)3-2-6-12/h4-5,7H,1H3. The summed E-state index contributed by atoms with van der Waals surface area (Å²) in [6.07, 6.45) is 0.